The molecule has 2 aromatic rings. The maximum atomic E-state index is 13.2. The second kappa shape index (κ2) is 8.55. The molecule has 2 heterocycles. The lowest BCUT2D eigenvalue weighted by Crippen LogP contribution is -2.43. The Hall–Kier alpha value is -2.68. The summed E-state index contributed by atoms with van der Waals surface area (Å²) in [7, 11) is 0. The number of aromatic nitrogens is 2. The average molecular weight is 391 g/mol. The summed E-state index contributed by atoms with van der Waals surface area (Å²) in [6.45, 7) is -0.110. The zero-order chi connectivity index (χ0) is 20.1. The second-order valence-corrected chi connectivity index (χ2v) is 6.97. The fourth-order valence-electron chi connectivity index (χ4n) is 3.13. The highest BCUT2D eigenvalue weighted by atomic mass is 19.3. The van der Waals surface area contributed by atoms with E-state index in [-0.39, 0.29) is 24.6 Å². The van der Waals surface area contributed by atoms with E-state index in [1.807, 2.05) is 18.2 Å². The Morgan fingerprint density at radius 3 is 2.71 bits per heavy atom. The molecule has 0 radical (unpaired) electrons. The lowest BCUT2D eigenvalue weighted by molar-refractivity contribution is -0.133. The van der Waals surface area contributed by atoms with Crippen LogP contribution in [0.1, 0.15) is 36.2 Å². The van der Waals surface area contributed by atoms with Crippen molar-refractivity contribution in [1.29, 1.82) is 0 Å². The summed E-state index contributed by atoms with van der Waals surface area (Å²) in [4.78, 5) is 33.8. The van der Waals surface area contributed by atoms with E-state index in [1.54, 1.807) is 6.07 Å². The van der Waals surface area contributed by atoms with Crippen molar-refractivity contribution in [3.8, 4) is 0 Å². The Morgan fingerprint density at radius 1 is 1.25 bits per heavy atom. The van der Waals surface area contributed by atoms with Gasteiger partial charge in [-0.05, 0) is 31.4 Å². The van der Waals surface area contributed by atoms with Crippen molar-refractivity contribution in [1.82, 2.24) is 20.2 Å². The fourth-order valence-corrected chi connectivity index (χ4v) is 3.13. The van der Waals surface area contributed by atoms with Gasteiger partial charge in [0.15, 0.2) is 0 Å². The van der Waals surface area contributed by atoms with Gasteiger partial charge < -0.3 is 16.0 Å². The molecule has 0 bridgehead atoms. The van der Waals surface area contributed by atoms with Gasteiger partial charge in [-0.2, -0.15) is 0 Å². The van der Waals surface area contributed by atoms with Crippen LogP contribution in [-0.2, 0) is 4.79 Å². The number of unbranched alkanes of at least 4 members (excludes halogenated alkanes) is 1. The van der Waals surface area contributed by atoms with Crippen LogP contribution in [0.2, 0.25) is 0 Å². The summed E-state index contributed by atoms with van der Waals surface area (Å²) in [5.74, 6) is -3.57. The number of nitrogens with two attached hydrogens (primary N) is 1. The minimum Gasteiger partial charge on any atom is -0.351 e. The van der Waals surface area contributed by atoms with E-state index in [0.717, 1.165) is 4.90 Å². The number of carbonyl (C=O) groups excluding carboxylic acids is 2. The number of nitrogens with zero attached hydrogens (tertiary/aromatic N) is 3. The molecule has 9 heteroatoms. The molecule has 0 unspecified atom stereocenters. The van der Waals surface area contributed by atoms with Crippen molar-refractivity contribution in [2.24, 2.45) is 5.73 Å². The van der Waals surface area contributed by atoms with Crippen LogP contribution in [0, 0.1) is 0 Å². The van der Waals surface area contributed by atoms with Crippen LogP contribution in [0.4, 0.5) is 8.78 Å². The van der Waals surface area contributed by atoms with Crippen LogP contribution in [0.3, 0.4) is 0 Å². The first-order chi connectivity index (χ1) is 13.4. The van der Waals surface area contributed by atoms with Crippen LogP contribution in [0.5, 0.6) is 0 Å². The molecule has 0 saturated carbocycles. The molecule has 7 nitrogen and oxygen atoms in total. The number of hydrogen-bond acceptors (Lipinski definition) is 5. The van der Waals surface area contributed by atoms with Crippen molar-refractivity contribution in [3.63, 3.8) is 0 Å². The van der Waals surface area contributed by atoms with Crippen molar-refractivity contribution >= 4 is 22.8 Å². The molecule has 1 fully saturated rings. The van der Waals surface area contributed by atoms with E-state index in [2.05, 4.69) is 15.3 Å². The third kappa shape index (κ3) is 4.98. The van der Waals surface area contributed by atoms with Gasteiger partial charge in [-0.15, -0.1) is 0 Å². The van der Waals surface area contributed by atoms with Crippen LogP contribution in [-0.4, -0.2) is 58.3 Å². The Labute approximate surface area is 161 Å². The van der Waals surface area contributed by atoms with Gasteiger partial charge in [0.05, 0.1) is 29.8 Å². The highest BCUT2D eigenvalue weighted by molar-refractivity contribution is 5.93. The molecule has 2 amide bonds. The molecule has 3 N–H and O–H groups in total. The number of para-hydroxylation sites is 2. The largest absolute Gasteiger partial charge is 0.351 e. The SMILES string of the molecule is N[C@@H](CCCCNC(=O)c1cnc2ccccc2n1)C(=O)N1CCC(F)(F)C1. The smallest absolute Gasteiger partial charge is 0.271 e. The maximum absolute atomic E-state index is 13.2. The standard InChI is InChI=1S/C19H23F2N5O2/c20-19(21)8-10-26(12-19)18(28)13(22)5-3-4-9-23-17(27)16-11-24-14-6-1-2-7-15(14)25-16/h1-2,6-7,11,13H,3-5,8-10,12,22H2,(H,23,27)/t13-/m0/s1. The molecule has 0 aliphatic carbocycles. The molecule has 1 aliphatic rings. The first-order valence-corrected chi connectivity index (χ1v) is 9.28. The van der Waals surface area contributed by atoms with Crippen LogP contribution in [0.15, 0.2) is 30.5 Å². The quantitative estimate of drug-likeness (QED) is 0.700. The summed E-state index contributed by atoms with van der Waals surface area (Å²) < 4.78 is 26.4. The van der Waals surface area contributed by atoms with Gasteiger partial charge in [-0.1, -0.05) is 12.1 Å². The average Bonchev–Trinajstić information content (AvgIpc) is 3.06. The summed E-state index contributed by atoms with van der Waals surface area (Å²) in [6.07, 6.45) is 2.71. The predicted molar refractivity (Wildman–Crippen MR) is 99.8 cm³/mol. The van der Waals surface area contributed by atoms with Gasteiger partial charge in [0, 0.05) is 19.5 Å². The topological polar surface area (TPSA) is 101 Å². The van der Waals surface area contributed by atoms with Gasteiger partial charge in [0.25, 0.3) is 11.8 Å². The lowest BCUT2D eigenvalue weighted by atomic mass is 10.1. The Morgan fingerprint density at radius 2 is 2.00 bits per heavy atom. The molecule has 3 rings (SSSR count). The van der Waals surface area contributed by atoms with Crippen molar-refractivity contribution in [3.05, 3.63) is 36.2 Å². The number of hydrogen-bond donors (Lipinski definition) is 2. The molecule has 1 aliphatic heterocycles. The molecule has 150 valence electrons. The fraction of sp³-hybridized carbons (Fsp3) is 0.474. The zero-order valence-corrected chi connectivity index (χ0v) is 15.4. The van der Waals surface area contributed by atoms with E-state index in [1.165, 1.54) is 6.20 Å². The second-order valence-electron chi connectivity index (χ2n) is 6.97. The molecule has 1 saturated heterocycles. The number of benzene rings is 1. The summed E-state index contributed by atoms with van der Waals surface area (Å²) >= 11 is 0. The van der Waals surface area contributed by atoms with E-state index >= 15 is 0 Å². The minimum atomic E-state index is -2.81. The molecular weight excluding hydrogens is 368 g/mol. The van der Waals surface area contributed by atoms with Crippen LogP contribution in [0.25, 0.3) is 11.0 Å². The highest BCUT2D eigenvalue weighted by Crippen LogP contribution is 2.27. The number of carbonyl (C=O) groups is 2. The summed E-state index contributed by atoms with van der Waals surface area (Å²) in [5, 5.41) is 2.76. The Balaban J connectivity index is 1.38. The van der Waals surface area contributed by atoms with Crippen LogP contribution >= 0.6 is 0 Å². The Bertz CT molecular complexity index is 861. The number of halogens is 2. The predicted octanol–water partition coefficient (Wildman–Crippen LogP) is 1.72. The molecule has 1 atom stereocenters. The molecule has 28 heavy (non-hydrogen) atoms. The molecule has 0 spiro atoms. The Kier molecular flexibility index (Phi) is 6.13. The number of amides is 2. The molecule has 1 aromatic heterocycles. The number of nitrogens with one attached hydrogen (secondary N) is 1. The van der Waals surface area contributed by atoms with Gasteiger partial charge >= 0.3 is 0 Å². The van der Waals surface area contributed by atoms with Gasteiger partial charge in [0.1, 0.15) is 5.69 Å². The number of fused-ring (bicyclic) bond motifs is 1. The normalized spacial score (nSPS) is 16.9. The monoisotopic (exact) mass is 391 g/mol. The van der Waals surface area contributed by atoms with Crippen molar-refractivity contribution in [2.45, 2.75) is 37.6 Å². The highest BCUT2D eigenvalue weighted by Gasteiger charge is 2.41. The van der Waals surface area contributed by atoms with Gasteiger partial charge in [-0.25, -0.2) is 13.8 Å². The third-order valence-electron chi connectivity index (χ3n) is 4.71. The number of alkyl halides is 2. The van der Waals surface area contributed by atoms with E-state index in [4.69, 9.17) is 5.73 Å². The van der Waals surface area contributed by atoms with E-state index < -0.39 is 24.4 Å². The lowest BCUT2D eigenvalue weighted by Gasteiger charge is -2.20. The van der Waals surface area contributed by atoms with Crippen molar-refractivity contribution < 1.29 is 18.4 Å². The number of rotatable bonds is 7. The summed E-state index contributed by atoms with van der Waals surface area (Å²) in [5.41, 5.74) is 7.43. The first-order valence-electron chi connectivity index (χ1n) is 9.28. The molecule has 1 aromatic carbocycles. The van der Waals surface area contributed by atoms with Crippen molar-refractivity contribution in [2.75, 3.05) is 19.6 Å². The van der Waals surface area contributed by atoms with Gasteiger partial charge in [-0.3, -0.25) is 14.6 Å². The third-order valence-corrected chi connectivity index (χ3v) is 4.71. The minimum absolute atomic E-state index is 0.0440. The number of likely N-dealkylation sites (tertiary alicyclic amines) is 1. The first kappa shape index (κ1) is 20.1. The summed E-state index contributed by atoms with van der Waals surface area (Å²) in [6, 6.07) is 6.48. The maximum Gasteiger partial charge on any atom is 0.271 e. The van der Waals surface area contributed by atoms with E-state index in [0.29, 0.717) is 36.8 Å². The van der Waals surface area contributed by atoms with Crippen LogP contribution < -0.4 is 11.1 Å². The van der Waals surface area contributed by atoms with Gasteiger partial charge in [0.2, 0.25) is 5.91 Å². The zero-order valence-electron chi connectivity index (χ0n) is 15.4. The molecular formula is C19H23F2N5O2. The van der Waals surface area contributed by atoms with E-state index in [9.17, 15) is 18.4 Å².